The first kappa shape index (κ1) is 20.7. The smallest absolute Gasteiger partial charge is 0.343 e. The SMILES string of the molecule is O=C(Nc1ncc(-c2cccc(OC(=O)c3cccc(Cl)c3)c2)[nH]1)c1cccc(Cl)c1. The summed E-state index contributed by atoms with van der Waals surface area (Å²) in [6.07, 6.45) is 1.57. The number of nitrogens with one attached hydrogen (secondary N) is 2. The number of anilines is 1. The molecule has 8 heteroatoms. The minimum atomic E-state index is -0.515. The number of imidazole rings is 1. The van der Waals surface area contributed by atoms with Crippen LogP contribution in [0, 0.1) is 0 Å². The highest BCUT2D eigenvalue weighted by Gasteiger charge is 2.12. The molecule has 0 fully saturated rings. The van der Waals surface area contributed by atoms with E-state index in [0.29, 0.717) is 32.6 Å². The summed E-state index contributed by atoms with van der Waals surface area (Å²) >= 11 is 11.9. The lowest BCUT2D eigenvalue weighted by molar-refractivity contribution is 0.0734. The van der Waals surface area contributed by atoms with Gasteiger partial charge in [0, 0.05) is 21.2 Å². The monoisotopic (exact) mass is 451 g/mol. The fourth-order valence-electron chi connectivity index (χ4n) is 2.85. The highest BCUT2D eigenvalue weighted by atomic mass is 35.5. The summed E-state index contributed by atoms with van der Waals surface area (Å²) in [5.41, 5.74) is 2.14. The van der Waals surface area contributed by atoms with Crippen LogP contribution >= 0.6 is 23.2 Å². The van der Waals surface area contributed by atoms with E-state index < -0.39 is 5.97 Å². The molecule has 154 valence electrons. The van der Waals surface area contributed by atoms with Gasteiger partial charge in [0.15, 0.2) is 0 Å². The molecule has 0 radical (unpaired) electrons. The fourth-order valence-corrected chi connectivity index (χ4v) is 3.23. The minimum absolute atomic E-state index is 0.279. The van der Waals surface area contributed by atoms with Gasteiger partial charge in [-0.1, -0.05) is 47.5 Å². The van der Waals surface area contributed by atoms with Crippen LogP contribution < -0.4 is 10.1 Å². The summed E-state index contributed by atoms with van der Waals surface area (Å²) in [5, 5.41) is 3.61. The van der Waals surface area contributed by atoms with Crippen LogP contribution in [-0.4, -0.2) is 21.8 Å². The van der Waals surface area contributed by atoms with Crippen molar-refractivity contribution in [2.45, 2.75) is 0 Å². The molecule has 1 aromatic heterocycles. The predicted octanol–water partition coefficient (Wildman–Crippen LogP) is 5.86. The predicted molar refractivity (Wildman–Crippen MR) is 120 cm³/mol. The number of aromatic amines is 1. The van der Waals surface area contributed by atoms with Crippen molar-refractivity contribution in [1.82, 2.24) is 9.97 Å². The lowest BCUT2D eigenvalue weighted by atomic mass is 10.1. The van der Waals surface area contributed by atoms with E-state index in [1.54, 1.807) is 66.9 Å². The average Bonchev–Trinajstić information content (AvgIpc) is 3.22. The van der Waals surface area contributed by atoms with Crippen LogP contribution in [0.2, 0.25) is 10.0 Å². The lowest BCUT2D eigenvalue weighted by Gasteiger charge is -2.06. The Hall–Kier alpha value is -3.61. The summed E-state index contributed by atoms with van der Waals surface area (Å²) in [7, 11) is 0. The van der Waals surface area contributed by atoms with Crippen LogP contribution in [0.3, 0.4) is 0 Å². The van der Waals surface area contributed by atoms with E-state index in [2.05, 4.69) is 15.3 Å². The second kappa shape index (κ2) is 9.04. The Morgan fingerprint density at radius 2 is 1.55 bits per heavy atom. The zero-order chi connectivity index (χ0) is 21.8. The van der Waals surface area contributed by atoms with Gasteiger partial charge in [-0.25, -0.2) is 9.78 Å². The fraction of sp³-hybridized carbons (Fsp3) is 0. The third-order valence-corrected chi connectivity index (χ3v) is 4.78. The Labute approximate surface area is 187 Å². The molecule has 31 heavy (non-hydrogen) atoms. The van der Waals surface area contributed by atoms with Crippen LogP contribution in [0.4, 0.5) is 5.95 Å². The second-order valence-electron chi connectivity index (χ2n) is 6.54. The van der Waals surface area contributed by atoms with Crippen LogP contribution in [0.1, 0.15) is 20.7 Å². The Bertz CT molecular complexity index is 1270. The van der Waals surface area contributed by atoms with Gasteiger partial charge in [0.25, 0.3) is 5.91 Å². The quantitative estimate of drug-likeness (QED) is 0.294. The van der Waals surface area contributed by atoms with Crippen LogP contribution in [-0.2, 0) is 0 Å². The highest BCUT2D eigenvalue weighted by molar-refractivity contribution is 6.31. The first-order valence-electron chi connectivity index (χ1n) is 9.18. The number of aromatic nitrogens is 2. The van der Waals surface area contributed by atoms with Crippen molar-refractivity contribution in [3.63, 3.8) is 0 Å². The van der Waals surface area contributed by atoms with Crippen molar-refractivity contribution in [3.05, 3.63) is 100 Å². The van der Waals surface area contributed by atoms with Gasteiger partial charge in [-0.2, -0.15) is 0 Å². The molecule has 0 aliphatic heterocycles. The van der Waals surface area contributed by atoms with E-state index in [0.717, 1.165) is 5.56 Å². The molecule has 0 atom stereocenters. The molecule has 1 amide bonds. The van der Waals surface area contributed by atoms with Crippen molar-refractivity contribution in [2.75, 3.05) is 5.32 Å². The number of ether oxygens (including phenoxy) is 1. The number of amides is 1. The number of halogens is 2. The van der Waals surface area contributed by atoms with E-state index in [-0.39, 0.29) is 11.9 Å². The minimum Gasteiger partial charge on any atom is -0.423 e. The molecule has 3 aromatic carbocycles. The van der Waals surface area contributed by atoms with E-state index in [9.17, 15) is 9.59 Å². The Morgan fingerprint density at radius 1 is 0.871 bits per heavy atom. The summed E-state index contributed by atoms with van der Waals surface area (Å²) in [5.74, 6) is -0.214. The maximum atomic E-state index is 12.3. The zero-order valence-corrected chi connectivity index (χ0v) is 17.4. The van der Waals surface area contributed by atoms with Gasteiger partial charge in [0.1, 0.15) is 5.75 Å². The molecule has 4 aromatic rings. The van der Waals surface area contributed by atoms with Crippen LogP contribution in [0.25, 0.3) is 11.3 Å². The standard InChI is InChI=1S/C23H15Cl2N3O3/c24-17-7-1-5-15(10-17)21(29)28-23-26-13-20(27-23)14-4-3-9-19(12-14)31-22(30)16-6-2-8-18(25)11-16/h1-13H,(H2,26,27,28,29). The molecule has 0 spiro atoms. The van der Waals surface area contributed by atoms with Gasteiger partial charge in [-0.15, -0.1) is 0 Å². The van der Waals surface area contributed by atoms with Gasteiger partial charge in [0.2, 0.25) is 5.95 Å². The topological polar surface area (TPSA) is 84.1 Å². The van der Waals surface area contributed by atoms with Crippen LogP contribution in [0.5, 0.6) is 5.75 Å². The Balaban J connectivity index is 1.48. The zero-order valence-electron chi connectivity index (χ0n) is 15.9. The maximum Gasteiger partial charge on any atom is 0.343 e. The van der Waals surface area contributed by atoms with Crippen molar-refractivity contribution >= 4 is 41.0 Å². The Morgan fingerprint density at radius 3 is 2.29 bits per heavy atom. The normalized spacial score (nSPS) is 10.5. The molecular weight excluding hydrogens is 437 g/mol. The van der Waals surface area contributed by atoms with Gasteiger partial charge >= 0.3 is 5.97 Å². The largest absolute Gasteiger partial charge is 0.423 e. The number of hydrogen-bond acceptors (Lipinski definition) is 4. The summed E-state index contributed by atoms with van der Waals surface area (Å²) in [4.78, 5) is 31.9. The van der Waals surface area contributed by atoms with Crippen molar-refractivity contribution in [3.8, 4) is 17.0 Å². The van der Waals surface area contributed by atoms with E-state index in [1.165, 1.54) is 6.07 Å². The summed E-state index contributed by atoms with van der Waals surface area (Å²) < 4.78 is 5.44. The molecule has 0 bridgehead atoms. The molecule has 0 unspecified atom stereocenters. The van der Waals surface area contributed by atoms with Gasteiger partial charge in [-0.05, 0) is 48.5 Å². The lowest BCUT2D eigenvalue weighted by Crippen LogP contribution is -2.12. The third-order valence-electron chi connectivity index (χ3n) is 4.31. The number of benzene rings is 3. The number of carbonyl (C=O) groups excluding carboxylic acids is 2. The second-order valence-corrected chi connectivity index (χ2v) is 7.41. The molecule has 1 heterocycles. The molecule has 6 nitrogen and oxygen atoms in total. The average molecular weight is 452 g/mol. The molecule has 0 saturated carbocycles. The summed E-state index contributed by atoms with van der Waals surface area (Å²) in [6, 6.07) is 20.1. The van der Waals surface area contributed by atoms with Crippen LogP contribution in [0.15, 0.2) is 79.0 Å². The highest BCUT2D eigenvalue weighted by Crippen LogP contribution is 2.24. The van der Waals surface area contributed by atoms with Gasteiger partial charge < -0.3 is 9.72 Å². The molecule has 0 saturated heterocycles. The number of rotatable bonds is 5. The molecule has 0 aliphatic carbocycles. The molecule has 4 rings (SSSR count). The van der Waals surface area contributed by atoms with E-state index >= 15 is 0 Å². The maximum absolute atomic E-state index is 12.3. The number of esters is 1. The first-order chi connectivity index (χ1) is 15.0. The van der Waals surface area contributed by atoms with E-state index in [1.807, 2.05) is 6.07 Å². The molecular formula is C23H15Cl2N3O3. The van der Waals surface area contributed by atoms with Crippen molar-refractivity contribution in [1.29, 1.82) is 0 Å². The number of H-pyrrole nitrogens is 1. The third kappa shape index (κ3) is 5.12. The number of hydrogen-bond donors (Lipinski definition) is 2. The van der Waals surface area contributed by atoms with E-state index in [4.69, 9.17) is 27.9 Å². The van der Waals surface area contributed by atoms with Crippen molar-refractivity contribution < 1.29 is 14.3 Å². The molecule has 0 aliphatic rings. The van der Waals surface area contributed by atoms with Gasteiger partial charge in [0.05, 0.1) is 17.5 Å². The molecule has 2 N–H and O–H groups in total. The van der Waals surface area contributed by atoms with Crippen molar-refractivity contribution in [2.24, 2.45) is 0 Å². The Kier molecular flexibility index (Phi) is 6.02. The first-order valence-corrected chi connectivity index (χ1v) is 9.93. The van der Waals surface area contributed by atoms with Gasteiger partial charge in [-0.3, -0.25) is 10.1 Å². The number of carbonyl (C=O) groups is 2. The summed E-state index contributed by atoms with van der Waals surface area (Å²) in [6.45, 7) is 0. The number of nitrogens with zero attached hydrogens (tertiary/aromatic N) is 1.